The molecule has 1 aliphatic rings. The molecule has 0 radical (unpaired) electrons. The van der Waals surface area contributed by atoms with Gasteiger partial charge in [-0.2, -0.15) is 0 Å². The molecule has 0 amide bonds. The van der Waals surface area contributed by atoms with Gasteiger partial charge in [0.05, 0.1) is 5.70 Å². The minimum Gasteiger partial charge on any atom is -0.476 e. The molecular weight excluding hydrogens is 510 g/mol. The van der Waals surface area contributed by atoms with Crippen LogP contribution >= 0.6 is 11.9 Å². The van der Waals surface area contributed by atoms with Crippen LogP contribution in [0.25, 0.3) is 5.70 Å². The number of nitrogens with zero attached hydrogens (tertiary/aromatic N) is 4. The summed E-state index contributed by atoms with van der Waals surface area (Å²) in [6.07, 6.45) is 1.99. The molecule has 11 heteroatoms. The number of aliphatic imine (C=N–C) groups is 2. The maximum Gasteiger partial charge on any atom is 0.146 e. The summed E-state index contributed by atoms with van der Waals surface area (Å²) < 4.78 is 7.93. The van der Waals surface area contributed by atoms with Gasteiger partial charge in [0.15, 0.2) is 0 Å². The van der Waals surface area contributed by atoms with E-state index >= 15 is 0 Å². The lowest BCUT2D eigenvalue weighted by atomic mass is 9.98. The zero-order valence-corrected chi connectivity index (χ0v) is 24.0. The molecule has 1 heterocycles. The van der Waals surface area contributed by atoms with E-state index in [1.54, 1.807) is 0 Å². The summed E-state index contributed by atoms with van der Waals surface area (Å²) in [6.45, 7) is 12.2. The average molecular weight is 552 g/mol. The van der Waals surface area contributed by atoms with E-state index in [9.17, 15) is 0 Å². The minimum absolute atomic E-state index is 0.0401. The monoisotopic (exact) mass is 551 g/mol. The van der Waals surface area contributed by atoms with Gasteiger partial charge in [0.1, 0.15) is 30.3 Å². The van der Waals surface area contributed by atoms with E-state index in [4.69, 9.17) is 21.6 Å². The second-order valence-electron chi connectivity index (χ2n) is 9.07. The van der Waals surface area contributed by atoms with Crippen LogP contribution in [0.3, 0.4) is 0 Å². The van der Waals surface area contributed by atoms with Crippen LogP contribution < -0.4 is 26.9 Å². The Kier molecular flexibility index (Phi) is 12.0. The minimum atomic E-state index is 0.0401. The predicted molar refractivity (Wildman–Crippen MR) is 164 cm³/mol. The van der Waals surface area contributed by atoms with Gasteiger partial charge < -0.3 is 21.2 Å². The van der Waals surface area contributed by atoms with Crippen LogP contribution in [0.4, 0.5) is 5.69 Å². The lowest BCUT2D eigenvalue weighted by Crippen LogP contribution is -2.37. The van der Waals surface area contributed by atoms with E-state index < -0.39 is 0 Å². The second kappa shape index (κ2) is 15.4. The third-order valence-electron chi connectivity index (χ3n) is 6.52. The lowest BCUT2D eigenvalue weighted by molar-refractivity contribution is 0.231. The van der Waals surface area contributed by atoms with Gasteiger partial charge in [0.25, 0.3) is 0 Å². The number of rotatable bonds is 15. The molecule has 10 nitrogen and oxygen atoms in total. The second-order valence-corrected chi connectivity index (χ2v) is 10.3. The first-order valence-corrected chi connectivity index (χ1v) is 14.0. The fourth-order valence-corrected chi connectivity index (χ4v) is 5.35. The third-order valence-corrected chi connectivity index (χ3v) is 7.58. The number of fused-ring (bicyclic) bond motifs is 1. The van der Waals surface area contributed by atoms with E-state index in [1.807, 2.05) is 44.1 Å². The van der Waals surface area contributed by atoms with Crippen LogP contribution in [0.15, 0.2) is 52.0 Å². The SMILES string of the molecule is C=Nc1cc(/C(NN(CC)Cc2ccc3c(c2)CCN(SCCNC)C3)=C(/C)C(N)=NC=N)ccc1OCN. The van der Waals surface area contributed by atoms with E-state index in [1.165, 1.54) is 16.7 Å². The van der Waals surface area contributed by atoms with E-state index in [2.05, 4.69) is 61.9 Å². The molecule has 0 aliphatic carbocycles. The van der Waals surface area contributed by atoms with E-state index in [0.29, 0.717) is 23.6 Å². The number of amidine groups is 1. The zero-order valence-electron chi connectivity index (χ0n) is 23.2. The molecule has 0 saturated carbocycles. The number of benzene rings is 2. The van der Waals surface area contributed by atoms with Crippen LogP contribution in [0.5, 0.6) is 5.75 Å². The Morgan fingerprint density at radius 2 is 2.10 bits per heavy atom. The first-order chi connectivity index (χ1) is 18.9. The summed E-state index contributed by atoms with van der Waals surface area (Å²) in [5, 5.41) is 12.7. The van der Waals surface area contributed by atoms with Gasteiger partial charge >= 0.3 is 0 Å². The highest BCUT2D eigenvalue weighted by molar-refractivity contribution is 7.97. The molecule has 0 bridgehead atoms. The molecule has 210 valence electrons. The molecule has 1 aliphatic heterocycles. The van der Waals surface area contributed by atoms with Crippen LogP contribution in [0.2, 0.25) is 0 Å². The lowest BCUT2D eigenvalue weighted by Gasteiger charge is -2.29. The van der Waals surface area contributed by atoms with Crippen LogP contribution in [0.1, 0.15) is 36.1 Å². The molecule has 7 N–H and O–H groups in total. The first-order valence-electron chi connectivity index (χ1n) is 13.1. The van der Waals surface area contributed by atoms with Crippen molar-refractivity contribution in [2.24, 2.45) is 21.5 Å². The largest absolute Gasteiger partial charge is 0.476 e. The maximum atomic E-state index is 7.36. The molecule has 0 aromatic heterocycles. The Labute approximate surface area is 236 Å². The van der Waals surface area contributed by atoms with E-state index in [-0.39, 0.29) is 12.6 Å². The van der Waals surface area contributed by atoms with Crippen molar-refractivity contribution < 1.29 is 4.74 Å². The summed E-state index contributed by atoms with van der Waals surface area (Å²) in [5.41, 5.74) is 22.3. The quantitative estimate of drug-likeness (QED) is 0.0567. The normalized spacial score (nSPS) is 14.5. The van der Waals surface area contributed by atoms with Crippen molar-refractivity contribution in [3.05, 3.63) is 64.2 Å². The average Bonchev–Trinajstić information content (AvgIpc) is 2.95. The Morgan fingerprint density at radius 1 is 1.28 bits per heavy atom. The zero-order chi connectivity index (χ0) is 28.2. The van der Waals surface area contributed by atoms with E-state index in [0.717, 1.165) is 56.0 Å². The van der Waals surface area contributed by atoms with Crippen molar-refractivity contribution in [1.29, 1.82) is 5.41 Å². The van der Waals surface area contributed by atoms with Crippen molar-refractivity contribution in [1.82, 2.24) is 20.1 Å². The highest BCUT2D eigenvalue weighted by Gasteiger charge is 2.19. The van der Waals surface area contributed by atoms with Gasteiger partial charge in [-0.1, -0.05) is 37.1 Å². The van der Waals surface area contributed by atoms with Crippen LogP contribution in [-0.2, 0) is 19.5 Å². The maximum absolute atomic E-state index is 7.36. The number of hydrogen-bond donors (Lipinski definition) is 5. The highest BCUT2D eigenvalue weighted by Crippen LogP contribution is 2.31. The number of hydrogen-bond acceptors (Lipinski definition) is 9. The molecule has 0 atom stereocenters. The first kappa shape index (κ1) is 30.3. The molecule has 0 spiro atoms. The van der Waals surface area contributed by atoms with Gasteiger partial charge in [0.2, 0.25) is 0 Å². The molecule has 0 unspecified atom stereocenters. The predicted octanol–water partition coefficient (Wildman–Crippen LogP) is 3.26. The number of nitrogens with one attached hydrogen (secondary N) is 3. The Hall–Kier alpha value is -3.22. The molecule has 2 aromatic rings. The summed E-state index contributed by atoms with van der Waals surface area (Å²) in [6, 6.07) is 12.4. The molecule has 0 fully saturated rings. The number of hydrazine groups is 1. The summed E-state index contributed by atoms with van der Waals surface area (Å²) in [4.78, 5) is 8.10. The summed E-state index contributed by atoms with van der Waals surface area (Å²) in [5.74, 6) is 1.89. The number of nitrogens with two attached hydrogens (primary N) is 2. The fourth-order valence-electron chi connectivity index (χ4n) is 4.34. The van der Waals surface area contributed by atoms with Crippen molar-refractivity contribution >= 4 is 42.2 Å². The Balaban J connectivity index is 1.84. The molecule has 0 saturated heterocycles. The van der Waals surface area contributed by atoms with Gasteiger partial charge in [-0.3, -0.25) is 16.1 Å². The van der Waals surface area contributed by atoms with Crippen molar-refractivity contribution in [2.75, 3.05) is 39.2 Å². The van der Waals surface area contributed by atoms with Gasteiger partial charge in [-0.25, -0.2) is 14.3 Å². The molecule has 3 rings (SSSR count). The number of ether oxygens (including phenoxy) is 1. The summed E-state index contributed by atoms with van der Waals surface area (Å²) >= 11 is 1.91. The fraction of sp³-hybridized carbons (Fsp3) is 0.393. The van der Waals surface area contributed by atoms with Crippen molar-refractivity contribution in [2.45, 2.75) is 33.4 Å². The van der Waals surface area contributed by atoms with Gasteiger partial charge in [-0.05, 0) is 62.0 Å². The Morgan fingerprint density at radius 3 is 2.79 bits per heavy atom. The highest BCUT2D eigenvalue weighted by atomic mass is 32.2. The molecule has 2 aromatic carbocycles. The summed E-state index contributed by atoms with van der Waals surface area (Å²) in [7, 11) is 1.99. The van der Waals surface area contributed by atoms with Gasteiger partial charge in [-0.15, -0.1) is 0 Å². The Bertz CT molecular complexity index is 1200. The standard InChI is InChI=1S/C28H41N9OS/c1-5-36(16-21-6-7-24-17-37(39-13-11-32-3)12-10-22(24)14-21)35-27(20(2)28(31)34-18-29)23-8-9-26(38-19-30)25(15-23)33-4/h6-9,14-15,18,32,35H,4-5,10-13,16-17,19,30H2,1-3H3,(H3,29,31,34)/b27-20+. The third kappa shape index (κ3) is 8.38. The smallest absolute Gasteiger partial charge is 0.146 e. The van der Waals surface area contributed by atoms with Crippen molar-refractivity contribution in [3.63, 3.8) is 0 Å². The molecule has 39 heavy (non-hydrogen) atoms. The molecular formula is C28H41N9OS. The van der Waals surface area contributed by atoms with Crippen LogP contribution in [-0.4, -0.2) is 67.4 Å². The van der Waals surface area contributed by atoms with Crippen molar-refractivity contribution in [3.8, 4) is 5.75 Å². The topological polar surface area (TPSA) is 140 Å². The van der Waals surface area contributed by atoms with Crippen LogP contribution in [0, 0.1) is 5.41 Å². The van der Waals surface area contributed by atoms with Gasteiger partial charge in [0, 0.05) is 49.6 Å².